The molecule has 1 N–H and O–H groups in total. The van der Waals surface area contributed by atoms with Crippen molar-refractivity contribution in [3.8, 4) is 5.75 Å². The summed E-state index contributed by atoms with van der Waals surface area (Å²) >= 11 is 0. The average molecular weight is 280 g/mol. The summed E-state index contributed by atoms with van der Waals surface area (Å²) in [6.45, 7) is 3.31. The molecule has 1 atom stereocenters. The van der Waals surface area contributed by atoms with Crippen molar-refractivity contribution in [2.75, 3.05) is 27.4 Å². The SMILES string of the molecule is COc1ccc(C)cc1CC(O)C1(OC)CCOCC1. The van der Waals surface area contributed by atoms with E-state index in [1.807, 2.05) is 19.1 Å². The van der Waals surface area contributed by atoms with E-state index < -0.39 is 11.7 Å². The van der Waals surface area contributed by atoms with Crippen LogP contribution in [0.25, 0.3) is 0 Å². The van der Waals surface area contributed by atoms with Crippen LogP contribution in [0.4, 0.5) is 0 Å². The first-order valence-electron chi connectivity index (χ1n) is 7.06. The first-order chi connectivity index (χ1) is 9.61. The second-order valence-corrected chi connectivity index (χ2v) is 5.42. The van der Waals surface area contributed by atoms with Gasteiger partial charge in [-0.2, -0.15) is 0 Å². The van der Waals surface area contributed by atoms with Crippen molar-refractivity contribution in [3.05, 3.63) is 29.3 Å². The van der Waals surface area contributed by atoms with Crippen molar-refractivity contribution in [1.29, 1.82) is 0 Å². The fourth-order valence-electron chi connectivity index (χ4n) is 2.85. The number of aliphatic hydroxyl groups excluding tert-OH is 1. The number of methoxy groups -OCH3 is 2. The molecule has 0 aliphatic carbocycles. The van der Waals surface area contributed by atoms with Crippen LogP contribution in [0.15, 0.2) is 18.2 Å². The van der Waals surface area contributed by atoms with Gasteiger partial charge in [0.15, 0.2) is 0 Å². The number of benzene rings is 1. The summed E-state index contributed by atoms with van der Waals surface area (Å²) in [6, 6.07) is 6.01. The van der Waals surface area contributed by atoms with Crippen LogP contribution in [0.3, 0.4) is 0 Å². The van der Waals surface area contributed by atoms with Crippen LogP contribution < -0.4 is 4.74 Å². The molecule has 0 radical (unpaired) electrons. The quantitative estimate of drug-likeness (QED) is 0.897. The predicted octanol–water partition coefficient (Wildman–Crippen LogP) is 2.10. The van der Waals surface area contributed by atoms with Crippen molar-refractivity contribution in [3.63, 3.8) is 0 Å². The molecule has 1 aliphatic heterocycles. The molecule has 1 aliphatic rings. The normalized spacial score (nSPS) is 19.6. The Balaban J connectivity index is 2.17. The molecule has 2 rings (SSSR count). The van der Waals surface area contributed by atoms with E-state index in [2.05, 4.69) is 6.07 Å². The van der Waals surface area contributed by atoms with Crippen molar-refractivity contribution >= 4 is 0 Å². The Morgan fingerprint density at radius 1 is 1.30 bits per heavy atom. The van der Waals surface area contributed by atoms with Crippen LogP contribution in [0.5, 0.6) is 5.75 Å². The maximum Gasteiger partial charge on any atom is 0.122 e. The number of aryl methyl sites for hydroxylation is 1. The van der Waals surface area contributed by atoms with E-state index >= 15 is 0 Å². The lowest BCUT2D eigenvalue weighted by Crippen LogP contribution is -2.49. The molecule has 0 saturated carbocycles. The lowest BCUT2D eigenvalue weighted by Gasteiger charge is -2.39. The molecule has 0 aromatic heterocycles. The monoisotopic (exact) mass is 280 g/mol. The van der Waals surface area contributed by atoms with Crippen LogP contribution in [-0.2, 0) is 15.9 Å². The van der Waals surface area contributed by atoms with E-state index in [0.717, 1.165) is 29.7 Å². The third-order valence-electron chi connectivity index (χ3n) is 4.20. The summed E-state index contributed by atoms with van der Waals surface area (Å²) in [7, 11) is 3.32. The second kappa shape index (κ2) is 6.57. The summed E-state index contributed by atoms with van der Waals surface area (Å²) in [5.74, 6) is 0.813. The molecular formula is C16H24O4. The molecule has 1 fully saturated rings. The summed E-state index contributed by atoms with van der Waals surface area (Å²) in [4.78, 5) is 0. The average Bonchev–Trinajstić information content (AvgIpc) is 2.48. The molecule has 1 saturated heterocycles. The lowest BCUT2D eigenvalue weighted by molar-refractivity contribution is -0.151. The highest BCUT2D eigenvalue weighted by Crippen LogP contribution is 2.32. The predicted molar refractivity (Wildman–Crippen MR) is 77.2 cm³/mol. The van der Waals surface area contributed by atoms with Gasteiger partial charge in [0.1, 0.15) is 5.75 Å². The molecule has 112 valence electrons. The van der Waals surface area contributed by atoms with E-state index in [4.69, 9.17) is 14.2 Å². The molecule has 1 aromatic carbocycles. The standard InChI is InChI=1S/C16H24O4/c1-12-4-5-14(18-2)13(10-12)11-15(17)16(19-3)6-8-20-9-7-16/h4-5,10,15,17H,6-9,11H2,1-3H3. The number of hydrogen-bond donors (Lipinski definition) is 1. The Hall–Kier alpha value is -1.10. The summed E-state index contributed by atoms with van der Waals surface area (Å²) in [5.41, 5.74) is 1.67. The minimum absolute atomic E-state index is 0.507. The van der Waals surface area contributed by atoms with Gasteiger partial charge in [0.05, 0.1) is 18.8 Å². The van der Waals surface area contributed by atoms with Gasteiger partial charge in [-0.05, 0) is 18.6 Å². The second-order valence-electron chi connectivity index (χ2n) is 5.42. The van der Waals surface area contributed by atoms with Gasteiger partial charge < -0.3 is 19.3 Å². The van der Waals surface area contributed by atoms with Gasteiger partial charge in [-0.25, -0.2) is 0 Å². The zero-order chi connectivity index (χ0) is 14.6. The molecule has 4 heteroatoms. The van der Waals surface area contributed by atoms with Crippen LogP contribution in [0, 0.1) is 6.92 Å². The summed E-state index contributed by atoms with van der Waals surface area (Å²) < 4.78 is 16.4. The van der Waals surface area contributed by atoms with Gasteiger partial charge in [0, 0.05) is 39.6 Å². The number of hydrogen-bond acceptors (Lipinski definition) is 4. The van der Waals surface area contributed by atoms with Gasteiger partial charge in [-0.3, -0.25) is 0 Å². The van der Waals surface area contributed by atoms with Gasteiger partial charge in [-0.1, -0.05) is 17.7 Å². The summed E-state index contributed by atoms with van der Waals surface area (Å²) in [6.07, 6.45) is 1.41. The maximum atomic E-state index is 10.7. The fourth-order valence-corrected chi connectivity index (χ4v) is 2.85. The van der Waals surface area contributed by atoms with Gasteiger partial charge in [-0.15, -0.1) is 0 Å². The summed E-state index contributed by atoms with van der Waals surface area (Å²) in [5, 5.41) is 10.7. The van der Waals surface area contributed by atoms with E-state index in [1.54, 1.807) is 14.2 Å². The molecule has 0 amide bonds. The van der Waals surface area contributed by atoms with Gasteiger partial charge >= 0.3 is 0 Å². The van der Waals surface area contributed by atoms with Crippen molar-refractivity contribution in [1.82, 2.24) is 0 Å². The third kappa shape index (κ3) is 3.14. The van der Waals surface area contributed by atoms with Gasteiger partial charge in [0.25, 0.3) is 0 Å². The van der Waals surface area contributed by atoms with Crippen molar-refractivity contribution < 1.29 is 19.3 Å². The Morgan fingerprint density at radius 2 is 2.00 bits per heavy atom. The van der Waals surface area contributed by atoms with E-state index in [-0.39, 0.29) is 0 Å². The van der Waals surface area contributed by atoms with Crippen LogP contribution in [0.1, 0.15) is 24.0 Å². The zero-order valence-corrected chi connectivity index (χ0v) is 12.5. The molecule has 0 bridgehead atoms. The number of ether oxygens (including phenoxy) is 3. The Bertz CT molecular complexity index is 438. The van der Waals surface area contributed by atoms with Gasteiger partial charge in [0.2, 0.25) is 0 Å². The largest absolute Gasteiger partial charge is 0.496 e. The van der Waals surface area contributed by atoms with Crippen LogP contribution in [-0.4, -0.2) is 44.2 Å². The van der Waals surface area contributed by atoms with E-state index in [1.165, 1.54) is 0 Å². The minimum atomic E-state index is -0.563. The molecule has 1 aromatic rings. The van der Waals surface area contributed by atoms with Crippen LogP contribution in [0.2, 0.25) is 0 Å². The smallest absolute Gasteiger partial charge is 0.122 e. The first kappa shape index (κ1) is 15.3. The lowest BCUT2D eigenvalue weighted by atomic mass is 9.84. The fraction of sp³-hybridized carbons (Fsp3) is 0.625. The molecular weight excluding hydrogens is 256 g/mol. The zero-order valence-electron chi connectivity index (χ0n) is 12.5. The number of aliphatic hydroxyl groups is 1. The Morgan fingerprint density at radius 3 is 2.60 bits per heavy atom. The molecule has 1 unspecified atom stereocenters. The molecule has 4 nitrogen and oxygen atoms in total. The van der Waals surface area contributed by atoms with E-state index in [9.17, 15) is 5.11 Å². The third-order valence-corrected chi connectivity index (χ3v) is 4.20. The highest BCUT2D eigenvalue weighted by molar-refractivity contribution is 5.37. The molecule has 0 spiro atoms. The first-order valence-corrected chi connectivity index (χ1v) is 7.06. The highest BCUT2D eigenvalue weighted by Gasteiger charge is 2.40. The Kier molecular flexibility index (Phi) is 5.02. The van der Waals surface area contributed by atoms with Crippen molar-refractivity contribution in [2.24, 2.45) is 0 Å². The number of rotatable bonds is 5. The molecule has 20 heavy (non-hydrogen) atoms. The van der Waals surface area contributed by atoms with Crippen molar-refractivity contribution in [2.45, 2.75) is 37.9 Å². The van der Waals surface area contributed by atoms with Crippen LogP contribution >= 0.6 is 0 Å². The molecule has 1 heterocycles. The maximum absolute atomic E-state index is 10.7. The topological polar surface area (TPSA) is 47.9 Å². The minimum Gasteiger partial charge on any atom is -0.496 e. The van der Waals surface area contributed by atoms with E-state index in [0.29, 0.717) is 19.6 Å². The highest BCUT2D eigenvalue weighted by atomic mass is 16.5. The Labute approximate surface area is 120 Å².